The second kappa shape index (κ2) is 49.5. The van der Waals surface area contributed by atoms with Gasteiger partial charge in [-0.25, -0.2) is 4.79 Å². The Kier molecular flexibility index (Phi) is 43.7. The molecule has 0 aliphatic carbocycles. The van der Waals surface area contributed by atoms with Gasteiger partial charge in [0.15, 0.2) is 6.79 Å². The Morgan fingerprint density at radius 3 is 0.887 bits per heavy atom. The van der Waals surface area contributed by atoms with Gasteiger partial charge in [0.05, 0.1) is 12.2 Å². The lowest BCUT2D eigenvalue weighted by molar-refractivity contribution is -0.288. The van der Waals surface area contributed by atoms with E-state index < -0.39 is 28.9 Å². The number of alkyl halides is 6. The van der Waals surface area contributed by atoms with Crippen LogP contribution in [0.25, 0.3) is 11.1 Å². The molecule has 0 unspecified atom stereocenters. The van der Waals surface area contributed by atoms with Crippen LogP contribution in [-0.4, -0.2) is 38.3 Å². The molecular weight excluding hydrogens is 1460 g/mol. The average Bonchev–Trinajstić information content (AvgIpc) is 0.713. The quantitative estimate of drug-likeness (QED) is 0.0470. The summed E-state index contributed by atoms with van der Waals surface area (Å²) in [5.41, 5.74) is 23.3. The fourth-order valence-electron chi connectivity index (χ4n) is 11.5. The van der Waals surface area contributed by atoms with Gasteiger partial charge in [-0.3, -0.25) is 0 Å². The zero-order valence-corrected chi connectivity index (χ0v) is 75.5. The minimum atomic E-state index is -5.55. The van der Waals surface area contributed by atoms with Crippen molar-refractivity contribution >= 4 is 17.7 Å². The molecule has 11 rings (SSSR count). The van der Waals surface area contributed by atoms with Gasteiger partial charge in [0, 0.05) is 15.2 Å². The number of aryl methyl sites for hydroxylation is 20. The van der Waals surface area contributed by atoms with E-state index >= 15 is 0 Å². The highest BCUT2D eigenvalue weighted by Crippen LogP contribution is 2.56. The van der Waals surface area contributed by atoms with Crippen LogP contribution in [0.5, 0.6) is 5.75 Å². The summed E-state index contributed by atoms with van der Waals surface area (Å²) in [5.74, 6) is 0.432. The molecule has 115 heavy (non-hydrogen) atoms. The first-order valence-electron chi connectivity index (χ1n) is 40.2. The fraction of sp³-hybridized carbons (Fsp3) is 0.356. The average molecular weight is 1590 g/mol. The van der Waals surface area contributed by atoms with Gasteiger partial charge in [-0.1, -0.05) is 251 Å². The molecule has 0 saturated carbocycles. The van der Waals surface area contributed by atoms with Crippen molar-refractivity contribution in [2.75, 3.05) is 20.0 Å². The number of halogens is 6. The van der Waals surface area contributed by atoms with Crippen molar-refractivity contribution in [3.8, 4) is 16.9 Å². The number of carbonyl (C=O) groups is 1. The Bertz CT molecular complexity index is 4500. The smallest absolute Gasteiger partial charge is 0.411 e. The monoisotopic (exact) mass is 1590 g/mol. The van der Waals surface area contributed by atoms with E-state index in [4.69, 9.17) is 14.2 Å². The summed E-state index contributed by atoms with van der Waals surface area (Å²) in [7, 11) is 0. The number of hydrogen-bond acceptors (Lipinski definition) is 5. The maximum absolute atomic E-state index is 14.0. The summed E-state index contributed by atoms with van der Waals surface area (Å²) < 4.78 is 100.0. The van der Waals surface area contributed by atoms with Crippen molar-refractivity contribution in [1.29, 1.82) is 0 Å². The lowest BCUT2D eigenvalue weighted by atomic mass is 9.71. The second-order valence-electron chi connectivity index (χ2n) is 28.8. The van der Waals surface area contributed by atoms with Gasteiger partial charge in [-0.05, 0) is 332 Å². The molecule has 11 heteroatoms. The van der Waals surface area contributed by atoms with Crippen molar-refractivity contribution in [3.05, 3.63) is 357 Å². The summed E-state index contributed by atoms with van der Waals surface area (Å²) in [5, 5.41) is 0. The Balaban J connectivity index is 0.000000469. The highest BCUT2D eigenvalue weighted by atomic mass is 32.2. The van der Waals surface area contributed by atoms with Crippen LogP contribution in [0.4, 0.5) is 26.3 Å². The van der Waals surface area contributed by atoms with Gasteiger partial charge >= 0.3 is 18.3 Å². The maximum atomic E-state index is 14.0. The standard InChI is InChI=1S/C20H24O4.C19H18F6.C19H24.C16H18S.C12H10.C10H14.4C2H6/c1-14-5-7-18(11-16(14)3)20(21)23-10-9-22-13-24-19-8-6-15(2)17(4)12-19;1-11-5-7-15(9-13(11)3)17(18(20,21)22,19(23,24)25)16-8-6-12(2)14(4)10-16;1-13-7-9-17(11-15(13)3)19(5,6)18-10-8-14(2)16(4)12-18;1-11-5-7-15(9-13(11)3)17-16-8-6-12(2)14(4)10-16;1-3-7-11(8-4-1)12-9-5-2-6-10-12;1-7-5-9(3)10(4)6-8(7)2;4*1-2/h5-8,11-12H,9-10,13H2,1-4H3;5-10H,1-4H3;7-12H,1-6H3;5-10H,1-4H3;1-10H;5-6H,1-4H3;4*1-2H3. The van der Waals surface area contributed by atoms with Crippen LogP contribution >= 0.6 is 11.8 Å². The van der Waals surface area contributed by atoms with E-state index in [-0.39, 0.29) is 24.8 Å². The van der Waals surface area contributed by atoms with E-state index in [2.05, 4.69) is 237 Å². The van der Waals surface area contributed by atoms with Gasteiger partial charge in [0.25, 0.3) is 0 Å². The second-order valence-corrected chi connectivity index (χ2v) is 29.9. The van der Waals surface area contributed by atoms with E-state index in [9.17, 15) is 31.1 Å². The van der Waals surface area contributed by atoms with Crippen LogP contribution in [0, 0.1) is 138 Å². The lowest BCUT2D eigenvalue weighted by Crippen LogP contribution is -2.54. The largest absolute Gasteiger partial charge is 0.468 e. The number of benzene rings is 11. The first-order chi connectivity index (χ1) is 54.2. The number of rotatable bonds is 14. The van der Waals surface area contributed by atoms with E-state index in [1.54, 1.807) is 19.9 Å². The molecule has 0 radical (unpaired) electrons. The van der Waals surface area contributed by atoms with Gasteiger partial charge in [0.2, 0.25) is 5.41 Å². The number of esters is 1. The van der Waals surface area contributed by atoms with E-state index in [0.29, 0.717) is 34.4 Å². The highest BCUT2D eigenvalue weighted by molar-refractivity contribution is 7.99. The van der Waals surface area contributed by atoms with Crippen LogP contribution in [0.3, 0.4) is 0 Å². The number of hydrogen-bond donors (Lipinski definition) is 0. The predicted molar refractivity (Wildman–Crippen MR) is 481 cm³/mol. The summed E-state index contributed by atoms with van der Waals surface area (Å²) >= 11 is 1.83. The third kappa shape index (κ3) is 30.6. The van der Waals surface area contributed by atoms with Crippen molar-refractivity contribution in [2.45, 2.75) is 241 Å². The minimum Gasteiger partial charge on any atom is -0.468 e. The third-order valence-electron chi connectivity index (χ3n) is 20.4. The SMILES string of the molecule is CC.CC.CC.CC.Cc1cc(C)c(C)cc1C.Cc1ccc(C(C)(C)c2ccc(C)c(C)c2)cc1C.Cc1ccc(C(c2ccc(C)c(C)c2)(C(F)(F)F)C(F)(F)F)cc1C.Cc1ccc(OCOCCOC(=O)c2ccc(C)c(C)c2)cc1C.Cc1ccc(Sc2ccc(C)c(C)c2)cc1C.c1ccc(-c2ccccc2)cc1. The zero-order chi connectivity index (χ0) is 87.3. The van der Waals surface area contributed by atoms with Crippen LogP contribution in [0.15, 0.2) is 228 Å². The molecule has 4 nitrogen and oxygen atoms in total. The molecule has 11 aromatic carbocycles. The molecular formula is C104H132F6O4S. The molecule has 0 saturated heterocycles. The Morgan fingerprint density at radius 2 is 0.574 bits per heavy atom. The molecule has 0 fully saturated rings. The fourth-order valence-corrected chi connectivity index (χ4v) is 12.5. The molecule has 0 N–H and O–H groups in total. The van der Waals surface area contributed by atoms with Crippen LogP contribution in [0.2, 0.25) is 0 Å². The van der Waals surface area contributed by atoms with E-state index in [0.717, 1.165) is 41.1 Å². The predicted octanol–water partition coefficient (Wildman–Crippen LogP) is 31.2. The van der Waals surface area contributed by atoms with Crippen molar-refractivity contribution < 1.29 is 45.3 Å². The van der Waals surface area contributed by atoms with Crippen molar-refractivity contribution in [3.63, 3.8) is 0 Å². The normalized spacial score (nSPS) is 10.6. The van der Waals surface area contributed by atoms with Gasteiger partial charge in [-0.15, -0.1) is 0 Å². The Morgan fingerprint density at radius 1 is 0.296 bits per heavy atom. The Hall–Kier alpha value is -9.42. The first kappa shape index (κ1) is 102. The molecule has 0 aliphatic rings. The van der Waals surface area contributed by atoms with Crippen molar-refractivity contribution in [1.82, 2.24) is 0 Å². The molecule has 0 heterocycles. The molecule has 0 amide bonds. The first-order valence-corrected chi connectivity index (χ1v) is 41.0. The number of ether oxygens (including phenoxy) is 3. The molecule has 0 atom stereocenters. The number of carbonyl (C=O) groups excluding carboxylic acids is 1. The van der Waals surface area contributed by atoms with E-state index in [1.165, 1.54) is 136 Å². The maximum Gasteiger partial charge on any atom is 0.411 e. The summed E-state index contributed by atoms with van der Waals surface area (Å²) in [6, 6.07) is 70.0. The third-order valence-corrected chi connectivity index (χ3v) is 21.3. The highest BCUT2D eigenvalue weighted by Gasteiger charge is 2.72. The zero-order valence-electron chi connectivity index (χ0n) is 74.7. The molecule has 0 aliphatic heterocycles. The van der Waals surface area contributed by atoms with Crippen LogP contribution in [0.1, 0.15) is 213 Å². The summed E-state index contributed by atoms with van der Waals surface area (Å²) in [6.45, 7) is 61.5. The molecule has 0 bridgehead atoms. The van der Waals surface area contributed by atoms with Gasteiger partial charge < -0.3 is 14.2 Å². The minimum absolute atomic E-state index is 0.0525. The summed E-state index contributed by atoms with van der Waals surface area (Å²) in [6.07, 6.45) is -11.1. The van der Waals surface area contributed by atoms with Gasteiger partial charge in [-0.2, -0.15) is 26.3 Å². The van der Waals surface area contributed by atoms with E-state index in [1.807, 2.05) is 130 Å². The van der Waals surface area contributed by atoms with Crippen molar-refractivity contribution in [2.24, 2.45) is 0 Å². The molecule has 620 valence electrons. The van der Waals surface area contributed by atoms with Crippen LogP contribution in [-0.2, 0) is 20.3 Å². The van der Waals surface area contributed by atoms with Crippen LogP contribution < -0.4 is 4.74 Å². The summed E-state index contributed by atoms with van der Waals surface area (Å²) in [4.78, 5) is 14.6. The molecule has 0 spiro atoms. The Labute approximate surface area is 694 Å². The molecule has 11 aromatic rings. The topological polar surface area (TPSA) is 44.8 Å². The lowest BCUT2D eigenvalue weighted by Gasteiger charge is -2.38. The molecule has 0 aromatic heterocycles. The van der Waals surface area contributed by atoms with Gasteiger partial charge in [0.1, 0.15) is 12.4 Å².